The number of hydrogen-bond donors (Lipinski definition) is 1. The average molecular weight is 338 g/mol. The van der Waals surface area contributed by atoms with Crippen molar-refractivity contribution in [3.8, 4) is 0 Å². The second kappa shape index (κ2) is 7.65. The number of rotatable bonds is 5. The van der Waals surface area contributed by atoms with E-state index in [1.807, 2.05) is 32.0 Å². The van der Waals surface area contributed by atoms with Crippen LogP contribution in [0.5, 0.6) is 0 Å². The molecule has 116 valence electrons. The zero-order valence-corrected chi connectivity index (χ0v) is 14.0. The van der Waals surface area contributed by atoms with Crippen LogP contribution < -0.4 is 5.32 Å². The van der Waals surface area contributed by atoms with Crippen molar-refractivity contribution in [2.24, 2.45) is 0 Å². The Morgan fingerprint density at radius 2 is 2.00 bits per heavy atom. The van der Waals surface area contributed by atoms with Gasteiger partial charge in [0, 0.05) is 22.0 Å². The molecule has 22 heavy (non-hydrogen) atoms. The quantitative estimate of drug-likeness (QED) is 0.834. The van der Waals surface area contributed by atoms with E-state index in [-0.39, 0.29) is 17.5 Å². The van der Waals surface area contributed by atoms with E-state index >= 15 is 0 Å². The summed E-state index contributed by atoms with van der Waals surface area (Å²) in [5.41, 5.74) is 3.52. The molecule has 5 heteroatoms. The van der Waals surface area contributed by atoms with Crippen LogP contribution in [-0.4, -0.2) is 11.7 Å². The van der Waals surface area contributed by atoms with Crippen molar-refractivity contribution in [1.82, 2.24) is 0 Å². The van der Waals surface area contributed by atoms with Gasteiger partial charge in [-0.3, -0.25) is 4.79 Å². The lowest BCUT2D eigenvalue weighted by molar-refractivity contribution is -0.113. The molecule has 2 aromatic rings. The van der Waals surface area contributed by atoms with Gasteiger partial charge in [-0.15, -0.1) is 11.8 Å². The van der Waals surface area contributed by atoms with Crippen molar-refractivity contribution >= 4 is 35.0 Å². The summed E-state index contributed by atoms with van der Waals surface area (Å²) < 4.78 is 13.6. The number of halogens is 2. The Labute approximate surface area is 139 Å². The summed E-state index contributed by atoms with van der Waals surface area (Å²) in [5.74, 6) is 0.166. The Morgan fingerprint density at radius 1 is 1.23 bits per heavy atom. The number of carbonyl (C=O) groups is 1. The van der Waals surface area contributed by atoms with Crippen LogP contribution in [0.4, 0.5) is 10.1 Å². The Hall–Kier alpha value is -1.52. The van der Waals surface area contributed by atoms with Crippen LogP contribution in [0.2, 0.25) is 5.02 Å². The highest BCUT2D eigenvalue weighted by Crippen LogP contribution is 2.24. The molecule has 2 nitrogen and oxygen atoms in total. The van der Waals surface area contributed by atoms with E-state index in [1.54, 1.807) is 12.1 Å². The molecule has 0 unspecified atom stereocenters. The number of carbonyl (C=O) groups excluding carboxylic acids is 1. The molecule has 0 bridgehead atoms. The van der Waals surface area contributed by atoms with Crippen molar-refractivity contribution in [3.63, 3.8) is 0 Å². The van der Waals surface area contributed by atoms with Crippen molar-refractivity contribution in [2.75, 3.05) is 11.1 Å². The van der Waals surface area contributed by atoms with Crippen LogP contribution >= 0.6 is 23.4 Å². The lowest BCUT2D eigenvalue weighted by atomic mass is 10.1. The largest absolute Gasteiger partial charge is 0.325 e. The van der Waals surface area contributed by atoms with Gasteiger partial charge in [0.05, 0.1) is 5.75 Å². The fourth-order valence-corrected chi connectivity index (χ4v) is 3.10. The first-order valence-electron chi connectivity index (χ1n) is 6.85. The fourth-order valence-electron chi connectivity index (χ4n) is 1.93. The van der Waals surface area contributed by atoms with E-state index in [0.29, 0.717) is 16.3 Å². The van der Waals surface area contributed by atoms with Gasteiger partial charge in [-0.05, 0) is 49.2 Å². The van der Waals surface area contributed by atoms with E-state index in [1.165, 1.54) is 23.4 Å². The highest BCUT2D eigenvalue weighted by molar-refractivity contribution is 7.99. The number of anilines is 1. The molecule has 0 radical (unpaired) electrons. The van der Waals surface area contributed by atoms with E-state index in [0.717, 1.165) is 11.3 Å². The first kappa shape index (κ1) is 16.8. The standard InChI is InChI=1S/C17H17ClFNOS/c1-11-6-7-13(8-12(11)2)20-17(21)10-22-9-14-15(18)4-3-5-16(14)19/h3-8H,9-10H2,1-2H3,(H,20,21). The molecular formula is C17H17ClFNOS. The number of nitrogens with one attached hydrogen (secondary N) is 1. The van der Waals surface area contributed by atoms with Gasteiger partial charge in [0.2, 0.25) is 5.91 Å². The summed E-state index contributed by atoms with van der Waals surface area (Å²) in [7, 11) is 0. The highest BCUT2D eigenvalue weighted by Gasteiger charge is 2.09. The minimum absolute atomic E-state index is 0.110. The molecule has 2 aromatic carbocycles. The molecule has 0 aromatic heterocycles. The van der Waals surface area contributed by atoms with E-state index in [4.69, 9.17) is 11.6 Å². The van der Waals surface area contributed by atoms with Gasteiger partial charge in [-0.1, -0.05) is 23.7 Å². The predicted octanol–water partition coefficient (Wildman–Crippen LogP) is 4.97. The third-order valence-electron chi connectivity index (χ3n) is 3.33. The number of benzene rings is 2. The fraction of sp³-hybridized carbons (Fsp3) is 0.235. The minimum Gasteiger partial charge on any atom is -0.325 e. The van der Waals surface area contributed by atoms with Crippen LogP contribution in [-0.2, 0) is 10.5 Å². The second-order valence-corrected chi connectivity index (χ2v) is 6.43. The van der Waals surface area contributed by atoms with E-state index in [9.17, 15) is 9.18 Å². The lowest BCUT2D eigenvalue weighted by Crippen LogP contribution is -2.14. The molecule has 1 amide bonds. The molecule has 0 aliphatic heterocycles. The Bertz CT molecular complexity index is 670. The summed E-state index contributed by atoms with van der Waals surface area (Å²) in [6.45, 7) is 4.02. The van der Waals surface area contributed by atoms with Gasteiger partial charge >= 0.3 is 0 Å². The number of hydrogen-bond acceptors (Lipinski definition) is 2. The van der Waals surface area contributed by atoms with Gasteiger partial charge in [-0.2, -0.15) is 0 Å². The highest BCUT2D eigenvalue weighted by atomic mass is 35.5. The third-order valence-corrected chi connectivity index (χ3v) is 4.65. The zero-order valence-electron chi connectivity index (χ0n) is 12.5. The third kappa shape index (κ3) is 4.49. The van der Waals surface area contributed by atoms with Gasteiger partial charge < -0.3 is 5.32 Å². The number of aryl methyl sites for hydroxylation is 2. The molecule has 0 saturated heterocycles. The predicted molar refractivity (Wildman–Crippen MR) is 92.1 cm³/mol. The normalized spacial score (nSPS) is 10.5. The molecule has 1 N–H and O–H groups in total. The maximum atomic E-state index is 13.6. The van der Waals surface area contributed by atoms with E-state index < -0.39 is 0 Å². The number of thioether (sulfide) groups is 1. The van der Waals surface area contributed by atoms with Gasteiger partial charge in [-0.25, -0.2) is 4.39 Å². The molecule has 0 aliphatic carbocycles. The smallest absolute Gasteiger partial charge is 0.234 e. The van der Waals surface area contributed by atoms with Crippen LogP contribution in [0.3, 0.4) is 0 Å². The summed E-state index contributed by atoms with van der Waals surface area (Å²) in [4.78, 5) is 11.9. The van der Waals surface area contributed by atoms with Gasteiger partial charge in [0.1, 0.15) is 5.82 Å². The Kier molecular flexibility index (Phi) is 5.86. The van der Waals surface area contributed by atoms with Crippen LogP contribution in [0, 0.1) is 19.7 Å². The first-order chi connectivity index (χ1) is 10.5. The van der Waals surface area contributed by atoms with Gasteiger partial charge in [0.25, 0.3) is 0 Å². The summed E-state index contributed by atoms with van der Waals surface area (Å²) in [6.07, 6.45) is 0. The molecule has 0 fully saturated rings. The summed E-state index contributed by atoms with van der Waals surface area (Å²) in [5, 5.41) is 3.23. The Morgan fingerprint density at radius 3 is 2.68 bits per heavy atom. The van der Waals surface area contributed by atoms with Crippen molar-refractivity contribution < 1.29 is 9.18 Å². The van der Waals surface area contributed by atoms with Crippen molar-refractivity contribution in [3.05, 3.63) is 63.9 Å². The van der Waals surface area contributed by atoms with Gasteiger partial charge in [0.15, 0.2) is 0 Å². The summed E-state index contributed by atoms with van der Waals surface area (Å²) in [6, 6.07) is 10.4. The molecule has 0 atom stereocenters. The van der Waals surface area contributed by atoms with Crippen molar-refractivity contribution in [1.29, 1.82) is 0 Å². The van der Waals surface area contributed by atoms with Crippen LogP contribution in [0.1, 0.15) is 16.7 Å². The number of amides is 1. The van der Waals surface area contributed by atoms with E-state index in [2.05, 4.69) is 5.32 Å². The Balaban J connectivity index is 1.86. The molecule has 0 saturated carbocycles. The molecule has 0 spiro atoms. The van der Waals surface area contributed by atoms with Crippen molar-refractivity contribution in [2.45, 2.75) is 19.6 Å². The summed E-state index contributed by atoms with van der Waals surface area (Å²) >= 11 is 7.29. The minimum atomic E-state index is -0.338. The maximum absolute atomic E-state index is 13.6. The topological polar surface area (TPSA) is 29.1 Å². The zero-order chi connectivity index (χ0) is 16.1. The van der Waals surface area contributed by atoms with Crippen LogP contribution in [0.15, 0.2) is 36.4 Å². The monoisotopic (exact) mass is 337 g/mol. The second-order valence-electron chi connectivity index (χ2n) is 5.04. The van der Waals surface area contributed by atoms with Crippen LogP contribution in [0.25, 0.3) is 0 Å². The molecule has 2 rings (SSSR count). The molecular weight excluding hydrogens is 321 g/mol. The molecule has 0 aliphatic rings. The SMILES string of the molecule is Cc1ccc(NC(=O)CSCc2c(F)cccc2Cl)cc1C. The molecule has 0 heterocycles. The average Bonchev–Trinajstić information content (AvgIpc) is 2.46. The lowest BCUT2D eigenvalue weighted by Gasteiger charge is -2.08. The first-order valence-corrected chi connectivity index (χ1v) is 8.38. The maximum Gasteiger partial charge on any atom is 0.234 e.